The molecule has 0 heterocycles. The van der Waals surface area contributed by atoms with Crippen molar-refractivity contribution in [2.24, 2.45) is 17.3 Å². The van der Waals surface area contributed by atoms with Crippen molar-refractivity contribution in [1.82, 2.24) is 0 Å². The molecule has 0 spiro atoms. The lowest BCUT2D eigenvalue weighted by molar-refractivity contribution is -0.139. The Hall–Kier alpha value is -0.570. The molecule has 0 aliphatic heterocycles. The topological polar surface area (TPSA) is 57.5 Å². The van der Waals surface area contributed by atoms with E-state index in [1.807, 2.05) is 13.8 Å². The average Bonchev–Trinajstić information content (AvgIpc) is 2.32. The molecule has 3 atom stereocenters. The summed E-state index contributed by atoms with van der Waals surface area (Å²) < 4.78 is 0. The molecule has 70 valence electrons. The molecule has 1 rings (SSSR count). The van der Waals surface area contributed by atoms with Crippen molar-refractivity contribution in [2.45, 2.75) is 33.3 Å². The Morgan fingerprint density at radius 3 is 2.33 bits per heavy atom. The van der Waals surface area contributed by atoms with E-state index in [0.717, 1.165) is 0 Å². The highest BCUT2D eigenvalue weighted by atomic mass is 16.4. The zero-order valence-electron chi connectivity index (χ0n) is 7.74. The molecule has 3 heteroatoms. The van der Waals surface area contributed by atoms with Gasteiger partial charge in [-0.2, -0.15) is 0 Å². The second-order valence-corrected chi connectivity index (χ2v) is 4.33. The highest BCUT2D eigenvalue weighted by molar-refractivity contribution is 5.75. The second-order valence-electron chi connectivity index (χ2n) is 4.33. The Kier molecular flexibility index (Phi) is 2.17. The number of hydrogen-bond acceptors (Lipinski definition) is 2. The summed E-state index contributed by atoms with van der Waals surface area (Å²) in [5.74, 6) is -0.840. The molecule has 1 fully saturated rings. The summed E-state index contributed by atoms with van der Waals surface area (Å²) in [4.78, 5) is 10.7. The SMILES string of the molecule is CC(O)C[C@H]1[C@@H](C(=O)O)C1(C)C. The Morgan fingerprint density at radius 2 is 2.08 bits per heavy atom. The molecule has 1 saturated carbocycles. The maximum atomic E-state index is 10.7. The van der Waals surface area contributed by atoms with Crippen LogP contribution in [0, 0.1) is 17.3 Å². The van der Waals surface area contributed by atoms with Gasteiger partial charge in [0, 0.05) is 0 Å². The van der Waals surface area contributed by atoms with Crippen LogP contribution in [0.25, 0.3) is 0 Å². The Labute approximate surface area is 72.4 Å². The van der Waals surface area contributed by atoms with Gasteiger partial charge in [0.2, 0.25) is 0 Å². The van der Waals surface area contributed by atoms with E-state index in [0.29, 0.717) is 6.42 Å². The summed E-state index contributed by atoms with van der Waals surface area (Å²) in [7, 11) is 0. The summed E-state index contributed by atoms with van der Waals surface area (Å²) in [6.07, 6.45) is 0.211. The van der Waals surface area contributed by atoms with Crippen LogP contribution >= 0.6 is 0 Å². The van der Waals surface area contributed by atoms with E-state index >= 15 is 0 Å². The number of hydrogen-bond donors (Lipinski definition) is 2. The van der Waals surface area contributed by atoms with E-state index < -0.39 is 12.1 Å². The number of carboxylic acids is 1. The molecule has 0 bridgehead atoms. The maximum Gasteiger partial charge on any atom is 0.307 e. The maximum absolute atomic E-state index is 10.7. The van der Waals surface area contributed by atoms with Gasteiger partial charge in [-0.05, 0) is 24.7 Å². The minimum Gasteiger partial charge on any atom is -0.481 e. The van der Waals surface area contributed by atoms with Gasteiger partial charge in [-0.15, -0.1) is 0 Å². The molecule has 0 aromatic carbocycles. The monoisotopic (exact) mass is 172 g/mol. The van der Waals surface area contributed by atoms with E-state index in [4.69, 9.17) is 10.2 Å². The lowest BCUT2D eigenvalue weighted by Gasteiger charge is -2.03. The van der Waals surface area contributed by atoms with Crippen LogP contribution in [0.2, 0.25) is 0 Å². The lowest BCUT2D eigenvalue weighted by atomic mass is 10.1. The van der Waals surface area contributed by atoms with Crippen molar-refractivity contribution in [1.29, 1.82) is 0 Å². The fraction of sp³-hybridized carbons (Fsp3) is 0.889. The van der Waals surface area contributed by atoms with Crippen LogP contribution in [0.5, 0.6) is 0 Å². The molecular weight excluding hydrogens is 156 g/mol. The van der Waals surface area contributed by atoms with Crippen LogP contribution in [-0.4, -0.2) is 22.3 Å². The largest absolute Gasteiger partial charge is 0.481 e. The molecule has 1 unspecified atom stereocenters. The van der Waals surface area contributed by atoms with Crippen LogP contribution in [0.3, 0.4) is 0 Å². The minimum atomic E-state index is -0.731. The summed E-state index contributed by atoms with van der Waals surface area (Å²) in [5.41, 5.74) is -0.122. The quantitative estimate of drug-likeness (QED) is 0.670. The molecule has 12 heavy (non-hydrogen) atoms. The third kappa shape index (κ3) is 1.46. The van der Waals surface area contributed by atoms with Gasteiger partial charge in [-0.25, -0.2) is 0 Å². The third-order valence-electron chi connectivity index (χ3n) is 2.91. The minimum absolute atomic E-state index is 0.122. The number of carboxylic acid groups (broad SMARTS) is 1. The smallest absolute Gasteiger partial charge is 0.307 e. The summed E-state index contributed by atoms with van der Waals surface area (Å²) in [5, 5.41) is 17.9. The number of aliphatic carboxylic acids is 1. The molecule has 0 aromatic rings. The molecule has 0 saturated heterocycles. The highest BCUT2D eigenvalue weighted by Crippen LogP contribution is 2.60. The lowest BCUT2D eigenvalue weighted by Crippen LogP contribution is -2.05. The molecule has 3 nitrogen and oxygen atoms in total. The normalized spacial score (nSPS) is 34.3. The van der Waals surface area contributed by atoms with Gasteiger partial charge >= 0.3 is 5.97 Å². The average molecular weight is 172 g/mol. The number of aliphatic hydroxyl groups is 1. The van der Waals surface area contributed by atoms with E-state index in [2.05, 4.69) is 0 Å². The van der Waals surface area contributed by atoms with Crippen molar-refractivity contribution >= 4 is 5.97 Å². The van der Waals surface area contributed by atoms with Crippen LogP contribution in [-0.2, 0) is 4.79 Å². The van der Waals surface area contributed by atoms with Gasteiger partial charge in [-0.1, -0.05) is 13.8 Å². The van der Waals surface area contributed by atoms with Crippen LogP contribution < -0.4 is 0 Å². The summed E-state index contributed by atoms with van der Waals surface area (Å²) >= 11 is 0. The first-order valence-electron chi connectivity index (χ1n) is 4.28. The van der Waals surface area contributed by atoms with Crippen molar-refractivity contribution in [2.75, 3.05) is 0 Å². The fourth-order valence-corrected chi connectivity index (χ4v) is 2.04. The van der Waals surface area contributed by atoms with Crippen molar-refractivity contribution in [3.05, 3.63) is 0 Å². The molecule has 2 N–H and O–H groups in total. The number of rotatable bonds is 3. The molecule has 0 aromatic heterocycles. The zero-order valence-corrected chi connectivity index (χ0v) is 7.74. The van der Waals surface area contributed by atoms with Crippen LogP contribution in [0.15, 0.2) is 0 Å². The highest BCUT2D eigenvalue weighted by Gasteiger charge is 2.61. The number of aliphatic hydroxyl groups excluding tert-OH is 1. The molecule has 0 radical (unpaired) electrons. The van der Waals surface area contributed by atoms with Crippen molar-refractivity contribution in [3.63, 3.8) is 0 Å². The summed E-state index contributed by atoms with van der Waals surface area (Å²) in [6.45, 7) is 5.59. The standard InChI is InChI=1S/C9H16O3/c1-5(10)4-6-7(8(11)12)9(6,2)3/h5-7,10H,4H2,1-3H3,(H,11,12)/t5?,6-,7-/m0/s1. The first kappa shape index (κ1) is 9.52. The van der Waals surface area contributed by atoms with Crippen LogP contribution in [0.1, 0.15) is 27.2 Å². The van der Waals surface area contributed by atoms with E-state index in [9.17, 15) is 4.79 Å². The van der Waals surface area contributed by atoms with Crippen molar-refractivity contribution < 1.29 is 15.0 Å². The first-order valence-corrected chi connectivity index (χ1v) is 4.28. The van der Waals surface area contributed by atoms with Gasteiger partial charge in [-0.3, -0.25) is 4.79 Å². The van der Waals surface area contributed by atoms with Gasteiger partial charge in [0.15, 0.2) is 0 Å². The molecular formula is C9H16O3. The van der Waals surface area contributed by atoms with Gasteiger partial charge in [0.05, 0.1) is 12.0 Å². The summed E-state index contributed by atoms with van der Waals surface area (Å²) in [6, 6.07) is 0. The molecule has 0 amide bonds. The van der Waals surface area contributed by atoms with E-state index in [1.165, 1.54) is 0 Å². The predicted molar refractivity (Wildman–Crippen MR) is 44.7 cm³/mol. The number of carbonyl (C=O) groups is 1. The second kappa shape index (κ2) is 2.73. The van der Waals surface area contributed by atoms with Crippen LogP contribution in [0.4, 0.5) is 0 Å². The third-order valence-corrected chi connectivity index (χ3v) is 2.91. The fourth-order valence-electron chi connectivity index (χ4n) is 2.04. The zero-order chi connectivity index (χ0) is 9.52. The Bertz CT molecular complexity index is 196. The molecule has 1 aliphatic carbocycles. The van der Waals surface area contributed by atoms with Gasteiger partial charge in [0.1, 0.15) is 0 Å². The Balaban J connectivity index is 2.54. The van der Waals surface area contributed by atoms with Crippen molar-refractivity contribution in [3.8, 4) is 0 Å². The van der Waals surface area contributed by atoms with Gasteiger partial charge in [0.25, 0.3) is 0 Å². The van der Waals surface area contributed by atoms with E-state index in [1.54, 1.807) is 6.92 Å². The predicted octanol–water partition coefficient (Wildman–Crippen LogP) is 1.11. The molecule has 1 aliphatic rings. The van der Waals surface area contributed by atoms with Gasteiger partial charge < -0.3 is 10.2 Å². The first-order chi connectivity index (χ1) is 5.37. The van der Waals surface area contributed by atoms with E-state index in [-0.39, 0.29) is 17.3 Å². The Morgan fingerprint density at radius 1 is 1.58 bits per heavy atom.